The summed E-state index contributed by atoms with van der Waals surface area (Å²) in [4.78, 5) is 14.6. The smallest absolute Gasteiger partial charge is 0.504 e. The topological polar surface area (TPSA) is 73.1 Å². The van der Waals surface area contributed by atoms with Crippen LogP contribution < -0.4 is 4.65 Å². The van der Waals surface area contributed by atoms with Crippen molar-refractivity contribution in [3.63, 3.8) is 0 Å². The zero-order valence-corrected chi connectivity index (χ0v) is 21.5. The summed E-state index contributed by atoms with van der Waals surface area (Å²) < 4.78 is 7.60. The van der Waals surface area contributed by atoms with E-state index in [-0.39, 0.29) is 7.69 Å². The number of rotatable bonds is 6. The Morgan fingerprint density at radius 3 is 1.77 bits per heavy atom. The number of hydrogen-bond acceptors (Lipinski definition) is 5. The van der Waals surface area contributed by atoms with E-state index in [0.717, 1.165) is 44.2 Å². The number of fused-ring (bicyclic) bond motifs is 3. The Kier molecular flexibility index (Phi) is 6.03. The molecule has 0 unspecified atom stereocenters. The Bertz CT molecular complexity index is 1920. The first-order valence-corrected chi connectivity index (χ1v) is 13.0. The summed E-state index contributed by atoms with van der Waals surface area (Å²) in [5.74, 6) is 2.49. The molecule has 7 heteroatoms. The number of aromatic nitrogens is 4. The first-order chi connectivity index (χ1) is 19.8. The lowest BCUT2D eigenvalue weighted by atomic mass is 10.1. The van der Waals surface area contributed by atoms with Crippen molar-refractivity contribution >= 4 is 29.5 Å². The molecule has 7 aromatic rings. The maximum atomic E-state index is 9.27. The Balaban J connectivity index is 1.42. The lowest BCUT2D eigenvalue weighted by molar-refractivity contribution is 0.454. The second-order valence-electron chi connectivity index (χ2n) is 9.39. The Hall–Kier alpha value is -5.27. The molecule has 0 fully saturated rings. The fraction of sp³-hybridized carbons (Fsp3) is 0. The van der Waals surface area contributed by atoms with Gasteiger partial charge in [-0.25, -0.2) is 15.0 Å². The molecule has 0 radical (unpaired) electrons. The van der Waals surface area contributed by atoms with Crippen LogP contribution >= 0.6 is 0 Å². The van der Waals surface area contributed by atoms with Gasteiger partial charge in [0.1, 0.15) is 5.75 Å². The van der Waals surface area contributed by atoms with E-state index in [0.29, 0.717) is 23.2 Å². The van der Waals surface area contributed by atoms with Crippen molar-refractivity contribution in [2.24, 2.45) is 0 Å². The SMILES string of the molecule is OBOc1ccc2c(c1)c1ccccc1n2-c1cccc(-c2nc(-c3ccccc3)nc(-c3ccccc3)n2)c1. The summed E-state index contributed by atoms with van der Waals surface area (Å²) in [6.45, 7) is 0. The maximum Gasteiger partial charge on any atom is 0.504 e. The van der Waals surface area contributed by atoms with E-state index >= 15 is 0 Å². The summed E-state index contributed by atoms with van der Waals surface area (Å²) in [6.07, 6.45) is 0. The highest BCUT2D eigenvalue weighted by Crippen LogP contribution is 2.35. The fourth-order valence-corrected chi connectivity index (χ4v) is 5.12. The molecule has 5 aromatic carbocycles. The zero-order valence-electron chi connectivity index (χ0n) is 21.5. The maximum absolute atomic E-state index is 9.27. The molecule has 0 saturated carbocycles. The molecule has 0 aliphatic heterocycles. The molecular formula is C33H23BN4O2. The van der Waals surface area contributed by atoms with E-state index in [9.17, 15) is 5.02 Å². The first kappa shape index (κ1) is 23.8. The van der Waals surface area contributed by atoms with Crippen LogP contribution in [-0.4, -0.2) is 32.2 Å². The van der Waals surface area contributed by atoms with Gasteiger partial charge in [-0.3, -0.25) is 0 Å². The third kappa shape index (κ3) is 4.28. The normalized spacial score (nSPS) is 11.1. The molecule has 0 aliphatic rings. The largest absolute Gasteiger partial charge is 0.539 e. The molecule has 1 N–H and O–H groups in total. The highest BCUT2D eigenvalue weighted by atomic mass is 16.5. The zero-order chi connectivity index (χ0) is 26.9. The van der Waals surface area contributed by atoms with Crippen LogP contribution in [0.1, 0.15) is 0 Å². The summed E-state index contributed by atoms with van der Waals surface area (Å²) in [6, 6.07) is 42.4. The summed E-state index contributed by atoms with van der Waals surface area (Å²) in [5, 5.41) is 11.4. The van der Waals surface area contributed by atoms with Crippen molar-refractivity contribution in [2.45, 2.75) is 0 Å². The minimum atomic E-state index is -0.367. The molecule has 0 aliphatic carbocycles. The van der Waals surface area contributed by atoms with Crippen LogP contribution in [0.15, 0.2) is 127 Å². The van der Waals surface area contributed by atoms with E-state index < -0.39 is 0 Å². The lowest BCUT2D eigenvalue weighted by Gasteiger charge is -2.11. The van der Waals surface area contributed by atoms with Crippen LogP contribution in [0.25, 0.3) is 61.7 Å². The van der Waals surface area contributed by atoms with Crippen molar-refractivity contribution in [1.82, 2.24) is 19.5 Å². The van der Waals surface area contributed by atoms with Gasteiger partial charge >= 0.3 is 7.69 Å². The fourth-order valence-electron chi connectivity index (χ4n) is 5.12. The van der Waals surface area contributed by atoms with Gasteiger partial charge in [-0.2, -0.15) is 0 Å². The van der Waals surface area contributed by atoms with Gasteiger partial charge in [0.2, 0.25) is 0 Å². The predicted molar refractivity (Wildman–Crippen MR) is 160 cm³/mol. The van der Waals surface area contributed by atoms with Crippen LogP contribution in [-0.2, 0) is 0 Å². The van der Waals surface area contributed by atoms with Crippen LogP contribution in [0.4, 0.5) is 0 Å². The molecule has 0 bridgehead atoms. The summed E-state index contributed by atoms with van der Waals surface area (Å²) in [7, 11) is -0.367. The average Bonchev–Trinajstić information content (AvgIpc) is 3.36. The number of hydrogen-bond donors (Lipinski definition) is 1. The Labute approximate surface area is 231 Å². The van der Waals surface area contributed by atoms with Crippen molar-refractivity contribution < 1.29 is 9.68 Å². The summed E-state index contributed by atoms with van der Waals surface area (Å²) in [5.41, 5.74) is 5.85. The minimum Gasteiger partial charge on any atom is -0.539 e. The molecular weight excluding hydrogens is 495 g/mol. The first-order valence-electron chi connectivity index (χ1n) is 13.0. The number of benzene rings is 5. The van der Waals surface area contributed by atoms with Crippen molar-refractivity contribution in [3.05, 3.63) is 127 Å². The van der Waals surface area contributed by atoms with E-state index in [2.05, 4.69) is 28.8 Å². The van der Waals surface area contributed by atoms with Gasteiger partial charge in [0.25, 0.3) is 0 Å². The van der Waals surface area contributed by atoms with E-state index in [4.69, 9.17) is 19.6 Å². The highest BCUT2D eigenvalue weighted by Gasteiger charge is 2.16. The van der Waals surface area contributed by atoms with Crippen molar-refractivity contribution in [1.29, 1.82) is 0 Å². The Morgan fingerprint density at radius 2 is 1.10 bits per heavy atom. The van der Waals surface area contributed by atoms with E-state index in [1.807, 2.05) is 103 Å². The van der Waals surface area contributed by atoms with Crippen molar-refractivity contribution in [3.8, 4) is 45.6 Å². The average molecular weight is 518 g/mol. The van der Waals surface area contributed by atoms with Gasteiger partial charge in [0, 0.05) is 33.2 Å². The molecule has 2 aromatic heterocycles. The molecule has 0 atom stereocenters. The van der Waals surface area contributed by atoms with E-state index in [1.165, 1.54) is 0 Å². The second kappa shape index (κ2) is 10.1. The van der Waals surface area contributed by atoms with Gasteiger partial charge in [0.15, 0.2) is 17.5 Å². The minimum absolute atomic E-state index is 0.367. The lowest BCUT2D eigenvalue weighted by Crippen LogP contribution is -2.01. The molecule has 190 valence electrons. The van der Waals surface area contributed by atoms with Gasteiger partial charge in [0.05, 0.1) is 11.0 Å². The monoisotopic (exact) mass is 518 g/mol. The van der Waals surface area contributed by atoms with Crippen LogP contribution in [0.5, 0.6) is 5.75 Å². The second-order valence-corrected chi connectivity index (χ2v) is 9.39. The third-order valence-electron chi connectivity index (χ3n) is 6.94. The third-order valence-corrected chi connectivity index (χ3v) is 6.94. The van der Waals surface area contributed by atoms with Gasteiger partial charge in [-0.15, -0.1) is 0 Å². The number of nitrogens with zero attached hydrogens (tertiary/aromatic N) is 4. The van der Waals surface area contributed by atoms with Crippen LogP contribution in [0.2, 0.25) is 0 Å². The van der Waals surface area contributed by atoms with Crippen LogP contribution in [0, 0.1) is 0 Å². The standard InChI is InChI=1S/C33H23BN4O2/c39-34-40-26-18-19-30-28(21-26)27-16-7-8-17-29(27)38(30)25-15-9-14-24(20-25)33-36-31(22-10-3-1-4-11-22)35-32(37-33)23-12-5-2-6-13-23/h1-21,34,39H. The van der Waals surface area contributed by atoms with Crippen LogP contribution in [0.3, 0.4) is 0 Å². The van der Waals surface area contributed by atoms with Gasteiger partial charge in [-0.1, -0.05) is 91.0 Å². The molecule has 0 spiro atoms. The molecule has 0 saturated heterocycles. The molecule has 0 amide bonds. The quantitative estimate of drug-likeness (QED) is 0.251. The summed E-state index contributed by atoms with van der Waals surface area (Å²) >= 11 is 0. The number of para-hydroxylation sites is 1. The Morgan fingerprint density at radius 1 is 0.525 bits per heavy atom. The van der Waals surface area contributed by atoms with Crippen molar-refractivity contribution in [2.75, 3.05) is 0 Å². The van der Waals surface area contributed by atoms with E-state index in [1.54, 1.807) is 0 Å². The highest BCUT2D eigenvalue weighted by molar-refractivity contribution is 6.17. The molecule has 2 heterocycles. The van der Waals surface area contributed by atoms with Gasteiger partial charge in [-0.05, 0) is 36.4 Å². The molecule has 6 nitrogen and oxygen atoms in total. The molecule has 7 rings (SSSR count). The predicted octanol–water partition coefficient (Wildman–Crippen LogP) is 6.61. The molecule has 40 heavy (non-hydrogen) atoms. The van der Waals surface area contributed by atoms with Gasteiger partial charge < -0.3 is 14.2 Å².